The zero-order chi connectivity index (χ0) is 12.1. The molecule has 0 heterocycles. The van der Waals surface area contributed by atoms with Crippen molar-refractivity contribution < 1.29 is 13.9 Å². The standard InChI is InChI=1S/C12H14FNO2/c1-8(2)9-4-10(6-14-7-15)12(16-3)11(13)5-9/h4-5,8H,6H2,1-3H3. The van der Waals surface area contributed by atoms with Crippen molar-refractivity contribution in [1.29, 1.82) is 0 Å². The fourth-order valence-electron chi connectivity index (χ4n) is 1.47. The number of carbonyl (C=O) groups excluding carboxylic acids is 1. The minimum atomic E-state index is -0.426. The maximum atomic E-state index is 13.6. The summed E-state index contributed by atoms with van der Waals surface area (Å²) >= 11 is 0. The van der Waals surface area contributed by atoms with Gasteiger partial charge in [-0.25, -0.2) is 14.2 Å². The van der Waals surface area contributed by atoms with Gasteiger partial charge in [-0.3, -0.25) is 0 Å². The highest BCUT2D eigenvalue weighted by Gasteiger charge is 2.12. The van der Waals surface area contributed by atoms with Gasteiger partial charge in [-0.2, -0.15) is 0 Å². The summed E-state index contributed by atoms with van der Waals surface area (Å²) in [7, 11) is 1.39. The second kappa shape index (κ2) is 5.42. The van der Waals surface area contributed by atoms with E-state index in [-0.39, 0.29) is 18.2 Å². The first kappa shape index (κ1) is 12.4. The minimum Gasteiger partial charge on any atom is -0.493 e. The third kappa shape index (κ3) is 2.67. The van der Waals surface area contributed by atoms with Gasteiger partial charge in [0.15, 0.2) is 11.6 Å². The van der Waals surface area contributed by atoms with Gasteiger partial charge in [0.25, 0.3) is 0 Å². The molecule has 0 radical (unpaired) electrons. The van der Waals surface area contributed by atoms with Crippen LogP contribution in [0.25, 0.3) is 0 Å². The van der Waals surface area contributed by atoms with Crippen LogP contribution in [0.1, 0.15) is 30.9 Å². The van der Waals surface area contributed by atoms with Crippen molar-refractivity contribution in [1.82, 2.24) is 0 Å². The van der Waals surface area contributed by atoms with E-state index in [0.717, 1.165) is 5.56 Å². The second-order valence-electron chi connectivity index (χ2n) is 3.76. The lowest BCUT2D eigenvalue weighted by Gasteiger charge is -2.12. The summed E-state index contributed by atoms with van der Waals surface area (Å²) in [6.07, 6.45) is 1.43. The van der Waals surface area contributed by atoms with Crippen LogP contribution < -0.4 is 4.74 Å². The number of methoxy groups -OCH3 is 1. The van der Waals surface area contributed by atoms with Crippen LogP contribution in [-0.4, -0.2) is 13.2 Å². The van der Waals surface area contributed by atoms with E-state index in [0.29, 0.717) is 5.56 Å². The van der Waals surface area contributed by atoms with Gasteiger partial charge in [0.2, 0.25) is 6.08 Å². The van der Waals surface area contributed by atoms with E-state index in [9.17, 15) is 9.18 Å². The Morgan fingerprint density at radius 3 is 2.69 bits per heavy atom. The molecule has 0 fully saturated rings. The molecule has 0 aliphatic heterocycles. The Bertz CT molecular complexity index is 423. The van der Waals surface area contributed by atoms with Gasteiger partial charge in [0.1, 0.15) is 0 Å². The Labute approximate surface area is 94.0 Å². The summed E-state index contributed by atoms with van der Waals surface area (Å²) in [5.74, 6) is -0.0763. The molecule has 0 aromatic heterocycles. The van der Waals surface area contributed by atoms with Crippen LogP contribution in [0.3, 0.4) is 0 Å². The topological polar surface area (TPSA) is 38.7 Å². The molecule has 0 amide bonds. The number of hydrogen-bond acceptors (Lipinski definition) is 3. The lowest BCUT2D eigenvalue weighted by atomic mass is 10.00. The fraction of sp³-hybridized carbons (Fsp3) is 0.417. The predicted octanol–water partition coefficient (Wildman–Crippen LogP) is 2.79. The van der Waals surface area contributed by atoms with Gasteiger partial charge in [-0.1, -0.05) is 13.8 Å². The predicted molar refractivity (Wildman–Crippen MR) is 58.9 cm³/mol. The second-order valence-corrected chi connectivity index (χ2v) is 3.76. The minimum absolute atomic E-state index is 0.0875. The molecule has 0 atom stereocenters. The van der Waals surface area contributed by atoms with Crippen molar-refractivity contribution in [2.24, 2.45) is 4.99 Å². The highest BCUT2D eigenvalue weighted by atomic mass is 19.1. The number of aliphatic imine (C=N–C) groups is 1. The number of ether oxygens (including phenoxy) is 1. The molecule has 3 nitrogen and oxygen atoms in total. The average Bonchev–Trinajstić information content (AvgIpc) is 2.25. The highest BCUT2D eigenvalue weighted by Crippen LogP contribution is 2.28. The molecule has 0 spiro atoms. The van der Waals surface area contributed by atoms with Crippen LogP contribution in [0.15, 0.2) is 17.1 Å². The van der Waals surface area contributed by atoms with Crippen molar-refractivity contribution >= 4 is 6.08 Å². The third-order valence-corrected chi connectivity index (χ3v) is 2.33. The van der Waals surface area contributed by atoms with E-state index in [1.54, 1.807) is 6.07 Å². The number of hydrogen-bond donors (Lipinski definition) is 0. The Morgan fingerprint density at radius 2 is 2.19 bits per heavy atom. The molecule has 0 bridgehead atoms. The van der Waals surface area contributed by atoms with E-state index in [4.69, 9.17) is 4.74 Å². The third-order valence-electron chi connectivity index (χ3n) is 2.33. The van der Waals surface area contributed by atoms with Crippen molar-refractivity contribution in [3.8, 4) is 5.75 Å². The summed E-state index contributed by atoms with van der Waals surface area (Å²) in [5.41, 5.74) is 1.42. The molecule has 0 N–H and O–H groups in total. The Hall–Kier alpha value is -1.67. The lowest BCUT2D eigenvalue weighted by molar-refractivity contribution is 0.381. The molecule has 16 heavy (non-hydrogen) atoms. The maximum absolute atomic E-state index is 13.6. The summed E-state index contributed by atoms with van der Waals surface area (Å²) in [6, 6.07) is 3.24. The molecular weight excluding hydrogens is 209 g/mol. The molecule has 0 aliphatic carbocycles. The van der Waals surface area contributed by atoms with Gasteiger partial charge in [-0.15, -0.1) is 0 Å². The quantitative estimate of drug-likeness (QED) is 0.581. The van der Waals surface area contributed by atoms with E-state index in [1.807, 2.05) is 13.8 Å². The molecule has 1 rings (SSSR count). The smallest absolute Gasteiger partial charge is 0.235 e. The largest absolute Gasteiger partial charge is 0.493 e. The molecule has 0 saturated heterocycles. The molecule has 1 aromatic rings. The molecule has 0 aliphatic rings. The van der Waals surface area contributed by atoms with E-state index >= 15 is 0 Å². The molecular formula is C12H14FNO2. The number of rotatable bonds is 4. The Kier molecular flexibility index (Phi) is 4.20. The van der Waals surface area contributed by atoms with E-state index in [1.165, 1.54) is 19.3 Å². The average molecular weight is 223 g/mol. The lowest BCUT2D eigenvalue weighted by Crippen LogP contribution is -1.98. The molecule has 1 aromatic carbocycles. The normalized spacial score (nSPS) is 10.1. The van der Waals surface area contributed by atoms with E-state index in [2.05, 4.69) is 4.99 Å². The first-order chi connectivity index (χ1) is 7.60. The number of halogens is 1. The first-order valence-electron chi connectivity index (χ1n) is 5.00. The molecule has 4 heteroatoms. The van der Waals surface area contributed by atoms with Crippen LogP contribution >= 0.6 is 0 Å². The monoisotopic (exact) mass is 223 g/mol. The van der Waals surface area contributed by atoms with Crippen molar-refractivity contribution in [2.75, 3.05) is 7.11 Å². The van der Waals surface area contributed by atoms with Gasteiger partial charge >= 0.3 is 0 Å². The number of nitrogens with zero attached hydrogens (tertiary/aromatic N) is 1. The zero-order valence-electron chi connectivity index (χ0n) is 9.58. The van der Waals surface area contributed by atoms with Gasteiger partial charge in [0, 0.05) is 5.56 Å². The van der Waals surface area contributed by atoms with Crippen molar-refractivity contribution in [3.05, 3.63) is 29.1 Å². The summed E-state index contributed by atoms with van der Waals surface area (Å²) in [5, 5.41) is 0. The van der Waals surface area contributed by atoms with Crippen LogP contribution in [0.5, 0.6) is 5.75 Å². The van der Waals surface area contributed by atoms with Crippen molar-refractivity contribution in [2.45, 2.75) is 26.3 Å². The van der Waals surface area contributed by atoms with Crippen LogP contribution in [-0.2, 0) is 11.3 Å². The zero-order valence-corrected chi connectivity index (χ0v) is 9.58. The number of benzene rings is 1. The highest BCUT2D eigenvalue weighted by molar-refractivity contribution is 5.41. The summed E-state index contributed by atoms with van der Waals surface area (Å²) < 4.78 is 18.6. The molecule has 0 unspecified atom stereocenters. The molecule has 86 valence electrons. The van der Waals surface area contributed by atoms with Crippen molar-refractivity contribution in [3.63, 3.8) is 0 Å². The first-order valence-corrected chi connectivity index (χ1v) is 5.00. The number of isocyanates is 1. The summed E-state index contributed by atoms with van der Waals surface area (Å²) in [4.78, 5) is 13.5. The van der Waals surface area contributed by atoms with Crippen LogP contribution in [0, 0.1) is 5.82 Å². The Morgan fingerprint density at radius 1 is 1.50 bits per heavy atom. The SMILES string of the molecule is COc1c(F)cc(C(C)C)cc1CN=C=O. The van der Waals surface area contributed by atoms with Gasteiger partial charge in [0.05, 0.1) is 13.7 Å². The van der Waals surface area contributed by atoms with Crippen LogP contribution in [0.2, 0.25) is 0 Å². The fourth-order valence-corrected chi connectivity index (χ4v) is 1.47. The molecule has 0 saturated carbocycles. The van der Waals surface area contributed by atoms with Gasteiger partial charge < -0.3 is 4.74 Å². The van der Waals surface area contributed by atoms with Crippen LogP contribution in [0.4, 0.5) is 4.39 Å². The summed E-state index contributed by atoms with van der Waals surface area (Å²) in [6.45, 7) is 4.02. The Balaban J connectivity index is 3.24. The maximum Gasteiger partial charge on any atom is 0.235 e. The van der Waals surface area contributed by atoms with E-state index < -0.39 is 5.82 Å². The van der Waals surface area contributed by atoms with Gasteiger partial charge in [-0.05, 0) is 23.6 Å².